The lowest BCUT2D eigenvalue weighted by atomic mass is 9.88. The molecule has 4 heteroatoms. The van der Waals surface area contributed by atoms with Gasteiger partial charge in [-0.3, -0.25) is 4.79 Å². The van der Waals surface area contributed by atoms with Crippen LogP contribution in [0.25, 0.3) is 0 Å². The molecule has 0 aromatic heterocycles. The van der Waals surface area contributed by atoms with Crippen LogP contribution in [0.4, 0.5) is 0 Å². The van der Waals surface area contributed by atoms with Gasteiger partial charge in [-0.2, -0.15) is 0 Å². The zero-order valence-corrected chi connectivity index (χ0v) is 12.9. The van der Waals surface area contributed by atoms with Gasteiger partial charge in [-0.05, 0) is 12.8 Å². The lowest BCUT2D eigenvalue weighted by Gasteiger charge is -2.25. The van der Waals surface area contributed by atoms with Gasteiger partial charge in [-0.25, -0.2) is 4.79 Å². The second-order valence-corrected chi connectivity index (χ2v) is 5.60. The van der Waals surface area contributed by atoms with Crippen molar-refractivity contribution in [3.05, 3.63) is 0 Å². The lowest BCUT2D eigenvalue weighted by molar-refractivity contribution is -0.170. The van der Waals surface area contributed by atoms with E-state index in [9.17, 15) is 9.59 Å². The van der Waals surface area contributed by atoms with Gasteiger partial charge in [0, 0.05) is 12.3 Å². The van der Waals surface area contributed by atoms with Gasteiger partial charge in [0.25, 0.3) is 0 Å². The molecule has 0 bridgehead atoms. The van der Waals surface area contributed by atoms with Gasteiger partial charge in [0.2, 0.25) is 6.10 Å². The maximum atomic E-state index is 11.9. The highest BCUT2D eigenvalue weighted by molar-refractivity contribution is 5.79. The fourth-order valence-corrected chi connectivity index (χ4v) is 2.82. The van der Waals surface area contributed by atoms with Crippen LogP contribution in [0.1, 0.15) is 71.1 Å². The average Bonchev–Trinajstić information content (AvgIpc) is 2.49. The second kappa shape index (κ2) is 9.78. The van der Waals surface area contributed by atoms with Crippen LogP contribution in [0, 0.1) is 5.92 Å². The molecule has 20 heavy (non-hydrogen) atoms. The topological polar surface area (TPSA) is 52.6 Å². The molecule has 0 heterocycles. The van der Waals surface area contributed by atoms with Gasteiger partial charge in [0.1, 0.15) is 0 Å². The predicted molar refractivity (Wildman–Crippen MR) is 77.2 cm³/mol. The molecule has 1 fully saturated rings. The molecular formula is C16H28O4. The van der Waals surface area contributed by atoms with E-state index in [-0.39, 0.29) is 11.9 Å². The molecule has 0 amide bonds. The van der Waals surface area contributed by atoms with Crippen molar-refractivity contribution in [2.24, 2.45) is 5.92 Å². The van der Waals surface area contributed by atoms with Crippen molar-refractivity contribution in [1.82, 2.24) is 0 Å². The highest BCUT2D eigenvalue weighted by Gasteiger charge is 2.32. The Morgan fingerprint density at radius 2 is 1.50 bits per heavy atom. The number of methoxy groups -OCH3 is 1. The standard InChI is InChI=1S/C16H28O4/c1-3-14(17)20-15(16(18)19-2)13-11-9-7-5-4-6-8-10-12-13/h13,15H,3-12H2,1-2H3. The molecule has 0 aromatic rings. The molecule has 0 radical (unpaired) electrons. The molecule has 1 unspecified atom stereocenters. The number of carbonyl (C=O) groups is 2. The summed E-state index contributed by atoms with van der Waals surface area (Å²) in [6.07, 6.45) is 9.91. The number of hydrogen-bond donors (Lipinski definition) is 0. The Bertz CT molecular complexity index is 291. The Labute approximate surface area is 122 Å². The van der Waals surface area contributed by atoms with Crippen molar-refractivity contribution < 1.29 is 19.1 Å². The molecule has 4 nitrogen and oxygen atoms in total. The predicted octanol–water partition coefficient (Wildman–Crippen LogP) is 3.62. The molecule has 0 aromatic carbocycles. The summed E-state index contributed by atoms with van der Waals surface area (Å²) in [6, 6.07) is 0. The van der Waals surface area contributed by atoms with Crippen LogP contribution in [0.2, 0.25) is 0 Å². The fraction of sp³-hybridized carbons (Fsp3) is 0.875. The van der Waals surface area contributed by atoms with E-state index < -0.39 is 12.1 Å². The van der Waals surface area contributed by atoms with E-state index in [1.165, 1.54) is 39.2 Å². The average molecular weight is 284 g/mol. The first-order chi connectivity index (χ1) is 9.69. The molecule has 116 valence electrons. The Balaban J connectivity index is 2.67. The molecular weight excluding hydrogens is 256 g/mol. The lowest BCUT2D eigenvalue weighted by Crippen LogP contribution is -2.35. The molecule has 0 spiro atoms. The highest BCUT2D eigenvalue weighted by atomic mass is 16.6. The number of carbonyl (C=O) groups excluding carboxylic acids is 2. The van der Waals surface area contributed by atoms with Crippen LogP contribution < -0.4 is 0 Å². The minimum Gasteiger partial charge on any atom is -0.466 e. The van der Waals surface area contributed by atoms with Crippen molar-refractivity contribution in [2.45, 2.75) is 77.2 Å². The van der Waals surface area contributed by atoms with Crippen molar-refractivity contribution >= 4 is 11.9 Å². The largest absolute Gasteiger partial charge is 0.466 e. The Morgan fingerprint density at radius 1 is 1.00 bits per heavy atom. The minimum absolute atomic E-state index is 0.107. The second-order valence-electron chi connectivity index (χ2n) is 5.60. The van der Waals surface area contributed by atoms with Gasteiger partial charge in [0.05, 0.1) is 7.11 Å². The minimum atomic E-state index is -0.716. The van der Waals surface area contributed by atoms with Crippen molar-refractivity contribution in [1.29, 1.82) is 0 Å². The molecule has 0 saturated heterocycles. The van der Waals surface area contributed by atoms with E-state index in [4.69, 9.17) is 9.47 Å². The Hall–Kier alpha value is -1.06. The summed E-state index contributed by atoms with van der Waals surface area (Å²) in [4.78, 5) is 23.4. The van der Waals surface area contributed by atoms with E-state index in [1.807, 2.05) is 0 Å². The van der Waals surface area contributed by atoms with Crippen LogP contribution in [0.15, 0.2) is 0 Å². The third-order valence-corrected chi connectivity index (χ3v) is 4.06. The number of hydrogen-bond acceptors (Lipinski definition) is 4. The van der Waals surface area contributed by atoms with Crippen molar-refractivity contribution in [3.63, 3.8) is 0 Å². The van der Waals surface area contributed by atoms with Crippen LogP contribution in [-0.2, 0) is 19.1 Å². The summed E-state index contributed by atoms with van der Waals surface area (Å²) < 4.78 is 10.2. The number of esters is 2. The molecule has 1 rings (SSSR count). The van der Waals surface area contributed by atoms with Gasteiger partial charge in [-0.15, -0.1) is 0 Å². The van der Waals surface area contributed by atoms with Crippen molar-refractivity contribution in [2.75, 3.05) is 7.11 Å². The maximum Gasteiger partial charge on any atom is 0.347 e. The summed E-state index contributed by atoms with van der Waals surface area (Å²) in [5, 5.41) is 0. The molecule has 1 atom stereocenters. The number of rotatable bonds is 4. The summed E-state index contributed by atoms with van der Waals surface area (Å²) in [5.74, 6) is -0.623. The smallest absolute Gasteiger partial charge is 0.347 e. The van der Waals surface area contributed by atoms with E-state index in [2.05, 4.69) is 0 Å². The fourth-order valence-electron chi connectivity index (χ4n) is 2.82. The summed E-state index contributed by atoms with van der Waals surface area (Å²) in [5.41, 5.74) is 0. The highest BCUT2D eigenvalue weighted by Crippen LogP contribution is 2.26. The SMILES string of the molecule is CCC(=O)OC(C(=O)OC)C1CCCCCCCCC1. The van der Waals surface area contributed by atoms with E-state index in [0.717, 1.165) is 25.7 Å². The van der Waals surface area contributed by atoms with Gasteiger partial charge >= 0.3 is 11.9 Å². The van der Waals surface area contributed by atoms with Gasteiger partial charge in [-0.1, -0.05) is 51.9 Å². The van der Waals surface area contributed by atoms with Crippen LogP contribution >= 0.6 is 0 Å². The van der Waals surface area contributed by atoms with Crippen LogP contribution in [0.3, 0.4) is 0 Å². The first kappa shape index (κ1) is 17.0. The number of ether oxygens (including phenoxy) is 2. The summed E-state index contributed by atoms with van der Waals surface area (Å²) in [7, 11) is 1.36. The quantitative estimate of drug-likeness (QED) is 0.740. The van der Waals surface area contributed by atoms with E-state index >= 15 is 0 Å². The third-order valence-electron chi connectivity index (χ3n) is 4.06. The van der Waals surface area contributed by atoms with E-state index in [0.29, 0.717) is 6.42 Å². The zero-order valence-electron chi connectivity index (χ0n) is 12.9. The third kappa shape index (κ3) is 5.93. The summed E-state index contributed by atoms with van der Waals surface area (Å²) in [6.45, 7) is 1.74. The monoisotopic (exact) mass is 284 g/mol. The van der Waals surface area contributed by atoms with Gasteiger partial charge < -0.3 is 9.47 Å². The van der Waals surface area contributed by atoms with Crippen molar-refractivity contribution in [3.8, 4) is 0 Å². The van der Waals surface area contributed by atoms with Gasteiger partial charge in [0.15, 0.2) is 0 Å². The molecule has 0 N–H and O–H groups in total. The van der Waals surface area contributed by atoms with Crippen LogP contribution in [0.5, 0.6) is 0 Å². The van der Waals surface area contributed by atoms with E-state index in [1.54, 1.807) is 6.92 Å². The summed E-state index contributed by atoms with van der Waals surface area (Å²) >= 11 is 0. The molecule has 0 aliphatic heterocycles. The maximum absolute atomic E-state index is 11.9. The molecule has 1 aliphatic carbocycles. The Morgan fingerprint density at radius 3 is 1.95 bits per heavy atom. The first-order valence-corrected chi connectivity index (χ1v) is 7.96. The molecule has 1 aliphatic rings. The normalized spacial score (nSPS) is 19.9. The zero-order chi connectivity index (χ0) is 14.8. The first-order valence-electron chi connectivity index (χ1n) is 7.96. The van der Waals surface area contributed by atoms with Crippen LogP contribution in [-0.4, -0.2) is 25.2 Å². The molecule has 1 saturated carbocycles. The Kier molecular flexibility index (Phi) is 8.31.